The Morgan fingerprint density at radius 1 is 0.778 bits per heavy atom. The summed E-state index contributed by atoms with van der Waals surface area (Å²) < 4.78 is 10.5. The number of ether oxygens (including phenoxy) is 1. The second-order valence-electron chi connectivity index (χ2n) is 15.3. The van der Waals surface area contributed by atoms with Crippen molar-refractivity contribution in [1.82, 2.24) is 0 Å². The molecule has 0 amide bonds. The summed E-state index contributed by atoms with van der Waals surface area (Å²) in [5.74, 6) is 1.57. The molecule has 0 heterocycles. The van der Waals surface area contributed by atoms with Gasteiger partial charge < -0.3 is 0 Å². The van der Waals surface area contributed by atoms with E-state index in [9.17, 15) is 0 Å². The van der Waals surface area contributed by atoms with E-state index >= 15 is 0 Å². The maximum atomic E-state index is 6.31. The standard InChI is InChI=1S/C22H33OSi.2C9H12N.Sc/c1-14-11-18(22(5,6)7)20(23-8)19(12-14)24(9,10)21-16(3)13-15(2)17(21)4;2*1-8-6-4-5-7-9(8)10(2)3;/h11-12,16H,1-10H3;2*4-7H,1H2,2-3H3;. The Labute approximate surface area is 283 Å². The number of rotatable bonds is 10. The average Bonchev–Trinajstić information content (AvgIpc) is 3.19. The fourth-order valence-electron chi connectivity index (χ4n) is 8.12. The summed E-state index contributed by atoms with van der Waals surface area (Å²) in [6.07, 6.45) is 0. The Balaban J connectivity index is 1.86. The molecule has 0 fully saturated rings. The van der Waals surface area contributed by atoms with Gasteiger partial charge in [-0.2, -0.15) is 0 Å². The number of hydrogen-bond donors (Lipinski definition) is 0. The van der Waals surface area contributed by atoms with Gasteiger partial charge in [0.1, 0.15) is 0 Å². The van der Waals surface area contributed by atoms with E-state index in [1.807, 2.05) is 7.11 Å². The topological polar surface area (TPSA) is 15.7 Å². The molecule has 0 N–H and O–H groups in total. The van der Waals surface area contributed by atoms with Crippen LogP contribution < -0.4 is 19.7 Å². The zero-order valence-corrected chi connectivity index (χ0v) is 33.4. The second kappa shape index (κ2) is 13.8. The van der Waals surface area contributed by atoms with Gasteiger partial charge in [-0.3, -0.25) is 0 Å². The Morgan fingerprint density at radius 2 is 1.27 bits per heavy atom. The molecule has 0 aromatic heterocycles. The van der Waals surface area contributed by atoms with Crippen LogP contribution in [-0.2, 0) is 35.2 Å². The number of methoxy groups -OCH3 is 1. The van der Waals surface area contributed by atoms with Crippen LogP contribution in [0.1, 0.15) is 63.8 Å². The number of para-hydroxylation sites is 2. The van der Waals surface area contributed by atoms with Gasteiger partial charge in [-0.25, -0.2) is 0 Å². The Bertz CT molecular complexity index is 1560. The first-order chi connectivity index (χ1) is 21.0. The molecule has 3 aromatic carbocycles. The minimum atomic E-state index is -2.19. The summed E-state index contributed by atoms with van der Waals surface area (Å²) in [7, 11) is 8.49. The van der Waals surface area contributed by atoms with Gasteiger partial charge in [0.2, 0.25) is 0 Å². The normalized spacial score (nSPS) is 15.6. The molecule has 1 atom stereocenters. The molecule has 0 spiro atoms. The van der Waals surface area contributed by atoms with Gasteiger partial charge in [-0.05, 0) is 0 Å². The molecule has 0 saturated heterocycles. The average molecular weight is 655 g/mol. The van der Waals surface area contributed by atoms with Gasteiger partial charge in [0.05, 0.1) is 0 Å². The molecule has 3 nitrogen and oxygen atoms in total. The van der Waals surface area contributed by atoms with Crippen molar-refractivity contribution in [2.45, 2.75) is 75.3 Å². The van der Waals surface area contributed by atoms with Crippen LogP contribution in [0.2, 0.25) is 13.1 Å². The Morgan fingerprint density at radius 3 is 1.71 bits per heavy atom. The number of allylic oxidation sites excluding steroid dienone is 4. The van der Waals surface area contributed by atoms with Gasteiger partial charge in [-0.1, -0.05) is 0 Å². The molecule has 0 saturated carbocycles. The summed E-state index contributed by atoms with van der Waals surface area (Å²) in [6, 6.07) is 23.0. The van der Waals surface area contributed by atoms with Crippen molar-refractivity contribution in [3.63, 3.8) is 0 Å². The van der Waals surface area contributed by atoms with E-state index in [0.29, 0.717) is 5.92 Å². The zero-order chi connectivity index (χ0) is 33.4. The SMILES string of the molecule is COc1c(C(C)(C)C)cc(C)cc1[Si](C)(C)C1=C(C)C(C)=[C]([Sc]([CH2]c2ccccc2N(C)C)[CH2]c2ccccc2N(C)C)C1C. The molecule has 3 aromatic rings. The van der Waals surface area contributed by atoms with E-state index in [1.54, 1.807) is 19.7 Å². The first kappa shape index (κ1) is 35.5. The predicted molar refractivity (Wildman–Crippen MR) is 197 cm³/mol. The van der Waals surface area contributed by atoms with Crippen molar-refractivity contribution in [3.8, 4) is 5.75 Å². The summed E-state index contributed by atoms with van der Waals surface area (Å²) >= 11 is -2.19. The molecule has 1 aliphatic rings. The van der Waals surface area contributed by atoms with Crippen LogP contribution in [0.5, 0.6) is 5.75 Å². The van der Waals surface area contributed by atoms with Crippen LogP contribution >= 0.6 is 0 Å². The first-order valence-corrected chi connectivity index (χ1v) is 23.1. The number of hydrogen-bond acceptors (Lipinski definition) is 3. The molecule has 0 aliphatic heterocycles. The molecule has 45 heavy (non-hydrogen) atoms. The molecular weight excluding hydrogens is 597 g/mol. The molecule has 4 rings (SSSR count). The molecule has 1 aliphatic carbocycles. The van der Waals surface area contributed by atoms with Gasteiger partial charge in [0.25, 0.3) is 0 Å². The summed E-state index contributed by atoms with van der Waals surface area (Å²) in [6.45, 7) is 21.8. The van der Waals surface area contributed by atoms with Crippen LogP contribution in [-0.4, -0.2) is 43.4 Å². The van der Waals surface area contributed by atoms with Crippen molar-refractivity contribution in [2.75, 3.05) is 45.1 Å². The van der Waals surface area contributed by atoms with Gasteiger partial charge in [-0.15, -0.1) is 0 Å². The first-order valence-electron chi connectivity index (χ1n) is 16.6. The second-order valence-corrected chi connectivity index (χ2v) is 24.0. The number of aryl methyl sites for hydroxylation is 1. The van der Waals surface area contributed by atoms with Crippen LogP contribution in [0.25, 0.3) is 0 Å². The molecule has 5 heteroatoms. The van der Waals surface area contributed by atoms with Crippen molar-refractivity contribution < 1.29 is 26.2 Å². The van der Waals surface area contributed by atoms with E-state index in [2.05, 4.69) is 160 Å². The van der Waals surface area contributed by atoms with Crippen LogP contribution in [0.3, 0.4) is 0 Å². The van der Waals surface area contributed by atoms with E-state index < -0.39 is 29.5 Å². The molecular formula is C40H57N2OScSi. The van der Waals surface area contributed by atoms with E-state index in [0.717, 1.165) is 5.75 Å². The number of nitrogens with zero attached hydrogens (tertiary/aromatic N) is 2. The third kappa shape index (κ3) is 7.15. The van der Waals surface area contributed by atoms with Crippen molar-refractivity contribution in [3.05, 3.63) is 103 Å². The van der Waals surface area contributed by atoms with Gasteiger partial charge in [0.15, 0.2) is 0 Å². The molecule has 1 unspecified atom stereocenters. The van der Waals surface area contributed by atoms with Gasteiger partial charge in [0, 0.05) is 0 Å². The Hall–Kier alpha value is -2.37. The van der Waals surface area contributed by atoms with Crippen LogP contribution in [0.4, 0.5) is 11.4 Å². The maximum absolute atomic E-state index is 6.31. The molecule has 0 radical (unpaired) electrons. The fourth-order valence-corrected chi connectivity index (χ4v) is 18.7. The third-order valence-corrected chi connectivity index (χ3v) is 19.8. The van der Waals surface area contributed by atoms with Gasteiger partial charge >= 0.3 is 285 Å². The summed E-state index contributed by atoms with van der Waals surface area (Å²) in [4.78, 5) is 4.59. The minimum absolute atomic E-state index is 0.0146. The molecule has 240 valence electrons. The van der Waals surface area contributed by atoms with E-state index in [1.165, 1.54) is 47.2 Å². The molecule has 0 bridgehead atoms. The van der Waals surface area contributed by atoms with Crippen LogP contribution in [0.15, 0.2) is 80.3 Å². The monoisotopic (exact) mass is 654 g/mol. The quantitative estimate of drug-likeness (QED) is 0.203. The number of benzene rings is 3. The van der Waals surface area contributed by atoms with Crippen molar-refractivity contribution in [1.29, 1.82) is 0 Å². The van der Waals surface area contributed by atoms with Crippen LogP contribution in [0, 0.1) is 12.8 Å². The fraction of sp³-hybridized carbons (Fsp3) is 0.450. The predicted octanol–water partition coefficient (Wildman–Crippen LogP) is 9.15. The van der Waals surface area contributed by atoms with E-state index in [-0.39, 0.29) is 5.41 Å². The Kier molecular flexibility index (Phi) is 10.9. The summed E-state index contributed by atoms with van der Waals surface area (Å²) in [5.41, 5.74) is 11.5. The van der Waals surface area contributed by atoms with E-state index in [4.69, 9.17) is 4.74 Å². The summed E-state index contributed by atoms with van der Waals surface area (Å²) in [5, 5.41) is 3.15. The van der Waals surface area contributed by atoms with Crippen molar-refractivity contribution in [2.24, 2.45) is 5.92 Å². The third-order valence-electron chi connectivity index (χ3n) is 10.2. The zero-order valence-electron chi connectivity index (χ0n) is 30.6. The number of anilines is 2. The van der Waals surface area contributed by atoms with Crippen molar-refractivity contribution >= 4 is 24.6 Å².